The minimum atomic E-state index is -0.911. The molecule has 6 heteroatoms. The van der Waals surface area contributed by atoms with Crippen LogP contribution in [0.3, 0.4) is 0 Å². The number of nitrogens with one attached hydrogen (secondary N) is 1. The summed E-state index contributed by atoms with van der Waals surface area (Å²) in [5.41, 5.74) is -0.401. The third-order valence-electron chi connectivity index (χ3n) is 4.48. The predicted molar refractivity (Wildman–Crippen MR) is 90.6 cm³/mol. The molecule has 0 radical (unpaired) electrons. The maximum Gasteiger partial charge on any atom is 0.310 e. The number of hydrogen-bond donors (Lipinski definition) is 2. The lowest BCUT2D eigenvalue weighted by atomic mass is 9.66. The summed E-state index contributed by atoms with van der Waals surface area (Å²) in [5.74, 6) is -0.0417. The minimum absolute atomic E-state index is 0.0199. The summed E-state index contributed by atoms with van der Waals surface area (Å²) in [6.45, 7) is 2.63. The number of amides is 1. The van der Waals surface area contributed by atoms with E-state index in [4.69, 9.17) is 9.47 Å². The molecule has 1 aromatic carbocycles. The van der Waals surface area contributed by atoms with E-state index in [1.807, 2.05) is 0 Å². The first-order chi connectivity index (χ1) is 11.5. The van der Waals surface area contributed by atoms with Crippen molar-refractivity contribution in [3.05, 3.63) is 18.2 Å². The number of methoxy groups -OCH3 is 1. The van der Waals surface area contributed by atoms with Crippen molar-refractivity contribution in [2.75, 3.05) is 19.0 Å². The second kappa shape index (κ2) is 8.04. The molecule has 0 heterocycles. The molecular formula is C18H25NO5. The van der Waals surface area contributed by atoms with Gasteiger partial charge in [-0.1, -0.05) is 19.8 Å². The van der Waals surface area contributed by atoms with Crippen molar-refractivity contribution in [1.82, 2.24) is 0 Å². The van der Waals surface area contributed by atoms with Crippen LogP contribution in [0.15, 0.2) is 18.2 Å². The molecule has 1 aliphatic carbocycles. The van der Waals surface area contributed by atoms with Crippen molar-refractivity contribution in [3.8, 4) is 11.5 Å². The minimum Gasteiger partial charge on any atom is -0.497 e. The zero-order valence-electron chi connectivity index (χ0n) is 14.3. The third-order valence-corrected chi connectivity index (χ3v) is 4.48. The molecule has 1 saturated carbocycles. The van der Waals surface area contributed by atoms with Gasteiger partial charge in [-0.3, -0.25) is 9.59 Å². The molecule has 2 N–H and O–H groups in total. The number of benzene rings is 1. The Bertz CT molecular complexity index is 595. The highest BCUT2D eigenvalue weighted by Gasteiger charge is 2.45. The van der Waals surface area contributed by atoms with Crippen LogP contribution in [-0.4, -0.2) is 30.7 Å². The van der Waals surface area contributed by atoms with E-state index >= 15 is 0 Å². The Hall–Kier alpha value is -2.24. The smallest absolute Gasteiger partial charge is 0.310 e. The summed E-state index contributed by atoms with van der Waals surface area (Å²) in [7, 11) is 1.55. The summed E-state index contributed by atoms with van der Waals surface area (Å²) in [6, 6.07) is 5.20. The first kappa shape index (κ1) is 18.1. The number of hydrogen-bond acceptors (Lipinski definition) is 4. The average molecular weight is 335 g/mol. The van der Waals surface area contributed by atoms with Gasteiger partial charge < -0.3 is 19.9 Å². The molecule has 132 valence electrons. The summed E-state index contributed by atoms with van der Waals surface area (Å²) in [5, 5.41) is 12.1. The van der Waals surface area contributed by atoms with Crippen molar-refractivity contribution in [2.45, 2.75) is 45.4 Å². The van der Waals surface area contributed by atoms with Crippen molar-refractivity contribution < 1.29 is 24.2 Å². The Morgan fingerprint density at radius 1 is 1.33 bits per heavy atom. The maximum absolute atomic E-state index is 12.3. The molecule has 1 fully saturated rings. The number of anilines is 1. The SMILES string of the molecule is CCCCOc1ccc(OC)cc1NC(=O)CC1(C(=O)O)CCC1. The van der Waals surface area contributed by atoms with Crippen LogP contribution < -0.4 is 14.8 Å². The second-order valence-electron chi connectivity index (χ2n) is 6.23. The van der Waals surface area contributed by atoms with Gasteiger partial charge in [0.05, 0.1) is 24.8 Å². The number of rotatable bonds is 9. The van der Waals surface area contributed by atoms with Gasteiger partial charge in [0.2, 0.25) is 5.91 Å². The van der Waals surface area contributed by atoms with E-state index < -0.39 is 11.4 Å². The fourth-order valence-corrected chi connectivity index (χ4v) is 2.76. The second-order valence-corrected chi connectivity index (χ2v) is 6.23. The summed E-state index contributed by atoms with van der Waals surface area (Å²) < 4.78 is 10.9. The fourth-order valence-electron chi connectivity index (χ4n) is 2.76. The lowest BCUT2D eigenvalue weighted by Gasteiger charge is -2.36. The van der Waals surface area contributed by atoms with Gasteiger partial charge in [-0.2, -0.15) is 0 Å². The van der Waals surface area contributed by atoms with Gasteiger partial charge in [-0.05, 0) is 31.4 Å². The zero-order valence-corrected chi connectivity index (χ0v) is 14.3. The van der Waals surface area contributed by atoms with E-state index in [0.29, 0.717) is 36.6 Å². The Morgan fingerprint density at radius 3 is 2.62 bits per heavy atom. The lowest BCUT2D eigenvalue weighted by Crippen LogP contribution is -2.41. The van der Waals surface area contributed by atoms with Crippen molar-refractivity contribution in [1.29, 1.82) is 0 Å². The topological polar surface area (TPSA) is 84.9 Å². The predicted octanol–water partition coefficient (Wildman–Crippen LogP) is 3.46. The van der Waals surface area contributed by atoms with Crippen LogP contribution in [0.2, 0.25) is 0 Å². The van der Waals surface area contributed by atoms with Crippen LogP contribution in [0.4, 0.5) is 5.69 Å². The zero-order chi connectivity index (χ0) is 17.6. The fraction of sp³-hybridized carbons (Fsp3) is 0.556. The molecule has 0 saturated heterocycles. The average Bonchev–Trinajstić information content (AvgIpc) is 2.52. The molecule has 0 aromatic heterocycles. The molecule has 1 aromatic rings. The molecule has 1 aliphatic rings. The van der Waals surface area contributed by atoms with Crippen LogP contribution in [-0.2, 0) is 9.59 Å². The van der Waals surface area contributed by atoms with Gasteiger partial charge in [-0.15, -0.1) is 0 Å². The molecule has 0 bridgehead atoms. The monoisotopic (exact) mass is 335 g/mol. The Balaban J connectivity index is 2.08. The standard InChI is InChI=1S/C18H25NO5/c1-3-4-10-24-15-7-6-13(23-2)11-14(15)19-16(20)12-18(17(21)22)8-5-9-18/h6-7,11H,3-5,8-10,12H2,1-2H3,(H,19,20)(H,21,22). The van der Waals surface area contributed by atoms with Crippen LogP contribution in [0.1, 0.15) is 45.4 Å². The Kier molecular flexibility index (Phi) is 6.06. The molecule has 6 nitrogen and oxygen atoms in total. The third kappa shape index (κ3) is 4.19. The normalized spacial score (nSPS) is 15.2. The van der Waals surface area contributed by atoms with E-state index in [0.717, 1.165) is 19.3 Å². The number of carbonyl (C=O) groups excluding carboxylic acids is 1. The lowest BCUT2D eigenvalue weighted by molar-refractivity contribution is -0.157. The number of carboxylic acid groups (broad SMARTS) is 1. The van der Waals surface area contributed by atoms with E-state index in [2.05, 4.69) is 12.2 Å². The van der Waals surface area contributed by atoms with Crippen LogP contribution >= 0.6 is 0 Å². The number of carbonyl (C=O) groups is 2. The summed E-state index contributed by atoms with van der Waals surface area (Å²) in [4.78, 5) is 23.7. The maximum atomic E-state index is 12.3. The summed E-state index contributed by atoms with van der Waals surface area (Å²) >= 11 is 0. The quantitative estimate of drug-likeness (QED) is 0.675. The molecule has 0 atom stereocenters. The summed E-state index contributed by atoms with van der Waals surface area (Å²) in [6.07, 6.45) is 3.86. The highest BCUT2D eigenvalue weighted by molar-refractivity contribution is 5.95. The molecule has 0 spiro atoms. The number of aliphatic carboxylic acids is 1. The van der Waals surface area contributed by atoms with Gasteiger partial charge in [0, 0.05) is 12.5 Å². The Morgan fingerprint density at radius 2 is 2.08 bits per heavy atom. The van der Waals surface area contributed by atoms with Gasteiger partial charge in [-0.25, -0.2) is 0 Å². The first-order valence-corrected chi connectivity index (χ1v) is 8.35. The van der Waals surface area contributed by atoms with Gasteiger partial charge >= 0.3 is 5.97 Å². The Labute approximate surface area is 142 Å². The van der Waals surface area contributed by atoms with Crippen molar-refractivity contribution >= 4 is 17.6 Å². The van der Waals surface area contributed by atoms with E-state index in [-0.39, 0.29) is 12.3 Å². The van der Waals surface area contributed by atoms with Gasteiger partial charge in [0.15, 0.2) is 0 Å². The molecule has 2 rings (SSSR count). The van der Waals surface area contributed by atoms with Gasteiger partial charge in [0.1, 0.15) is 11.5 Å². The van der Waals surface area contributed by atoms with E-state index in [1.165, 1.54) is 0 Å². The number of ether oxygens (including phenoxy) is 2. The van der Waals surface area contributed by atoms with Crippen LogP contribution in [0.5, 0.6) is 11.5 Å². The highest BCUT2D eigenvalue weighted by atomic mass is 16.5. The molecular weight excluding hydrogens is 310 g/mol. The number of carboxylic acids is 1. The van der Waals surface area contributed by atoms with Crippen molar-refractivity contribution in [2.24, 2.45) is 5.41 Å². The number of unbranched alkanes of at least 4 members (excludes halogenated alkanes) is 1. The van der Waals surface area contributed by atoms with E-state index in [9.17, 15) is 14.7 Å². The van der Waals surface area contributed by atoms with Crippen LogP contribution in [0.25, 0.3) is 0 Å². The first-order valence-electron chi connectivity index (χ1n) is 8.35. The largest absolute Gasteiger partial charge is 0.497 e. The molecule has 24 heavy (non-hydrogen) atoms. The van der Waals surface area contributed by atoms with E-state index in [1.54, 1.807) is 25.3 Å². The van der Waals surface area contributed by atoms with Gasteiger partial charge in [0.25, 0.3) is 0 Å². The molecule has 0 unspecified atom stereocenters. The van der Waals surface area contributed by atoms with Crippen molar-refractivity contribution in [3.63, 3.8) is 0 Å². The highest BCUT2D eigenvalue weighted by Crippen LogP contribution is 2.44. The molecule has 1 amide bonds. The molecule has 0 aliphatic heterocycles. The van der Waals surface area contributed by atoms with Crippen LogP contribution in [0, 0.1) is 5.41 Å².